The molecule has 6 nitrogen and oxygen atoms in total. The topological polar surface area (TPSA) is 88.7 Å². The van der Waals surface area contributed by atoms with Crippen LogP contribution in [0.3, 0.4) is 0 Å². The molecule has 0 fully saturated rings. The number of hydrogen-bond donors (Lipinski definition) is 3. The first-order valence-corrected chi connectivity index (χ1v) is 7.64. The normalized spacial score (nSPS) is 10.6. The summed E-state index contributed by atoms with van der Waals surface area (Å²) in [6, 6.07) is 15.2. The van der Waals surface area contributed by atoms with Crippen molar-refractivity contribution in [2.24, 2.45) is 10.7 Å². The Morgan fingerprint density at radius 3 is 2.48 bits per heavy atom. The monoisotopic (exact) mass is 454 g/mol. The van der Waals surface area contributed by atoms with Crippen LogP contribution in [0.1, 0.15) is 12.5 Å². The molecular formula is C18H23IN4O2. The zero-order valence-corrected chi connectivity index (χ0v) is 16.6. The fourth-order valence-corrected chi connectivity index (χ4v) is 2.15. The van der Waals surface area contributed by atoms with Crippen LogP contribution in [-0.2, 0) is 11.2 Å². The lowest BCUT2D eigenvalue weighted by Gasteiger charge is -2.07. The van der Waals surface area contributed by atoms with Crippen molar-refractivity contribution >= 4 is 47.2 Å². The number of carbonyl (C=O) groups excluding carboxylic acids is 1. The maximum atomic E-state index is 11.0. The highest BCUT2D eigenvalue weighted by atomic mass is 127. The number of amides is 1. The molecule has 0 bridgehead atoms. The Balaban J connectivity index is 0.00000312. The van der Waals surface area contributed by atoms with E-state index in [4.69, 9.17) is 10.5 Å². The van der Waals surface area contributed by atoms with Gasteiger partial charge in [0.1, 0.15) is 5.75 Å². The molecule has 0 aromatic heterocycles. The molecule has 0 aliphatic carbocycles. The number of halogens is 1. The Morgan fingerprint density at radius 2 is 1.84 bits per heavy atom. The van der Waals surface area contributed by atoms with Crippen molar-refractivity contribution in [1.82, 2.24) is 0 Å². The van der Waals surface area contributed by atoms with Crippen molar-refractivity contribution in [3.05, 3.63) is 54.1 Å². The number of aliphatic imine (C=N–C) groups is 1. The van der Waals surface area contributed by atoms with Gasteiger partial charge in [-0.25, -0.2) is 0 Å². The summed E-state index contributed by atoms with van der Waals surface area (Å²) in [5, 5.41) is 5.77. The van der Waals surface area contributed by atoms with Gasteiger partial charge in [-0.15, -0.1) is 24.0 Å². The molecule has 0 spiro atoms. The first-order valence-electron chi connectivity index (χ1n) is 7.64. The number of hydrogen-bond acceptors (Lipinski definition) is 3. The average Bonchev–Trinajstić information content (AvgIpc) is 2.56. The summed E-state index contributed by atoms with van der Waals surface area (Å²) in [7, 11) is 1.62. The molecule has 0 heterocycles. The average molecular weight is 454 g/mol. The summed E-state index contributed by atoms with van der Waals surface area (Å²) < 4.78 is 5.16. The fraction of sp³-hybridized carbons (Fsp3) is 0.222. The SMILES string of the molecule is COc1cccc(NC(N)=NCCc2ccc(NC(C)=O)cc2)c1.I. The lowest BCUT2D eigenvalue weighted by atomic mass is 10.1. The molecule has 0 aliphatic heterocycles. The Hall–Kier alpha value is -2.29. The molecule has 2 aromatic rings. The minimum absolute atomic E-state index is 0. The summed E-state index contributed by atoms with van der Waals surface area (Å²) in [4.78, 5) is 15.3. The van der Waals surface area contributed by atoms with Crippen LogP contribution in [0.5, 0.6) is 5.75 Å². The Labute approximate surface area is 164 Å². The quantitative estimate of drug-likeness (QED) is 0.355. The van der Waals surface area contributed by atoms with E-state index >= 15 is 0 Å². The van der Waals surface area contributed by atoms with E-state index in [1.165, 1.54) is 6.92 Å². The molecular weight excluding hydrogens is 431 g/mol. The molecule has 7 heteroatoms. The van der Waals surface area contributed by atoms with Crippen LogP contribution in [0.25, 0.3) is 0 Å². The van der Waals surface area contributed by atoms with E-state index in [2.05, 4.69) is 15.6 Å². The third-order valence-electron chi connectivity index (χ3n) is 3.30. The maximum absolute atomic E-state index is 11.0. The van der Waals surface area contributed by atoms with E-state index in [0.29, 0.717) is 12.5 Å². The zero-order valence-electron chi connectivity index (χ0n) is 14.3. The minimum Gasteiger partial charge on any atom is -0.497 e. The zero-order chi connectivity index (χ0) is 17.4. The van der Waals surface area contributed by atoms with Crippen molar-refractivity contribution in [3.63, 3.8) is 0 Å². The van der Waals surface area contributed by atoms with Crippen LogP contribution >= 0.6 is 24.0 Å². The predicted octanol–water partition coefficient (Wildman–Crippen LogP) is 3.24. The van der Waals surface area contributed by atoms with Gasteiger partial charge < -0.3 is 21.1 Å². The van der Waals surface area contributed by atoms with E-state index in [1.807, 2.05) is 48.5 Å². The van der Waals surface area contributed by atoms with Gasteiger partial charge in [0.15, 0.2) is 5.96 Å². The first kappa shape index (κ1) is 20.8. The minimum atomic E-state index is -0.0799. The molecule has 2 rings (SSSR count). The maximum Gasteiger partial charge on any atom is 0.221 e. The van der Waals surface area contributed by atoms with Crippen LogP contribution in [0.15, 0.2) is 53.5 Å². The van der Waals surface area contributed by atoms with Gasteiger partial charge in [-0.2, -0.15) is 0 Å². The van der Waals surface area contributed by atoms with Crippen molar-refractivity contribution in [2.45, 2.75) is 13.3 Å². The number of ether oxygens (including phenoxy) is 1. The summed E-state index contributed by atoms with van der Waals surface area (Å²) in [6.07, 6.45) is 0.765. The third-order valence-corrected chi connectivity index (χ3v) is 3.30. The second-order valence-corrected chi connectivity index (χ2v) is 5.25. The molecule has 0 radical (unpaired) electrons. The number of guanidine groups is 1. The molecule has 25 heavy (non-hydrogen) atoms. The van der Waals surface area contributed by atoms with Gasteiger partial charge >= 0.3 is 0 Å². The molecule has 2 aromatic carbocycles. The highest BCUT2D eigenvalue weighted by Gasteiger charge is 1.99. The van der Waals surface area contributed by atoms with E-state index in [9.17, 15) is 4.79 Å². The van der Waals surface area contributed by atoms with Gasteiger partial charge in [-0.1, -0.05) is 18.2 Å². The van der Waals surface area contributed by atoms with Gasteiger partial charge in [-0.3, -0.25) is 9.79 Å². The van der Waals surface area contributed by atoms with Gasteiger partial charge in [-0.05, 0) is 36.2 Å². The Morgan fingerprint density at radius 1 is 1.12 bits per heavy atom. The summed E-state index contributed by atoms with van der Waals surface area (Å²) in [5.41, 5.74) is 8.63. The summed E-state index contributed by atoms with van der Waals surface area (Å²) >= 11 is 0. The summed E-state index contributed by atoms with van der Waals surface area (Å²) in [5.74, 6) is 1.04. The number of nitrogens with zero attached hydrogens (tertiary/aromatic N) is 1. The van der Waals surface area contributed by atoms with Crippen LogP contribution < -0.4 is 21.1 Å². The Bertz CT molecular complexity index is 717. The van der Waals surface area contributed by atoms with E-state index < -0.39 is 0 Å². The molecule has 0 saturated carbocycles. The van der Waals surface area contributed by atoms with Crippen molar-refractivity contribution in [1.29, 1.82) is 0 Å². The number of rotatable bonds is 6. The molecule has 4 N–H and O–H groups in total. The van der Waals surface area contributed by atoms with Crippen LogP contribution in [0.2, 0.25) is 0 Å². The predicted molar refractivity (Wildman–Crippen MR) is 113 cm³/mol. The molecule has 134 valence electrons. The molecule has 0 unspecified atom stereocenters. The highest BCUT2D eigenvalue weighted by molar-refractivity contribution is 14.0. The number of anilines is 2. The largest absolute Gasteiger partial charge is 0.497 e. The first-order chi connectivity index (χ1) is 11.6. The van der Waals surface area contributed by atoms with Gasteiger partial charge in [0, 0.05) is 30.9 Å². The molecule has 0 aliphatic rings. The van der Waals surface area contributed by atoms with Crippen molar-refractivity contribution in [2.75, 3.05) is 24.3 Å². The van der Waals surface area contributed by atoms with Crippen LogP contribution in [0, 0.1) is 0 Å². The smallest absolute Gasteiger partial charge is 0.221 e. The number of nitrogens with two attached hydrogens (primary N) is 1. The van der Waals surface area contributed by atoms with E-state index in [0.717, 1.165) is 29.1 Å². The number of benzene rings is 2. The second kappa shape index (κ2) is 10.5. The Kier molecular flexibility index (Phi) is 8.76. The number of nitrogens with one attached hydrogen (secondary N) is 2. The van der Waals surface area contributed by atoms with Crippen LogP contribution in [-0.4, -0.2) is 25.5 Å². The standard InChI is InChI=1S/C18H22N4O2.HI/c1-13(23)21-15-8-6-14(7-9-15)10-11-20-18(19)22-16-4-3-5-17(12-16)24-2;/h3-9,12H,10-11H2,1-2H3,(H,21,23)(H3,19,20,22);1H. The lowest BCUT2D eigenvalue weighted by molar-refractivity contribution is -0.114. The fourth-order valence-electron chi connectivity index (χ4n) is 2.15. The molecule has 1 amide bonds. The molecule has 0 atom stereocenters. The van der Waals surface area contributed by atoms with E-state index in [1.54, 1.807) is 7.11 Å². The van der Waals surface area contributed by atoms with Crippen molar-refractivity contribution < 1.29 is 9.53 Å². The number of carbonyl (C=O) groups is 1. The van der Waals surface area contributed by atoms with Gasteiger partial charge in [0.05, 0.1) is 7.11 Å². The summed E-state index contributed by atoms with van der Waals surface area (Å²) in [6.45, 7) is 2.06. The lowest BCUT2D eigenvalue weighted by Crippen LogP contribution is -2.23. The van der Waals surface area contributed by atoms with E-state index in [-0.39, 0.29) is 29.9 Å². The highest BCUT2D eigenvalue weighted by Crippen LogP contribution is 2.16. The third kappa shape index (κ3) is 7.42. The van der Waals surface area contributed by atoms with Crippen LogP contribution in [0.4, 0.5) is 11.4 Å². The second-order valence-electron chi connectivity index (χ2n) is 5.25. The van der Waals surface area contributed by atoms with Gasteiger partial charge in [0.25, 0.3) is 0 Å². The number of methoxy groups -OCH3 is 1. The van der Waals surface area contributed by atoms with Crippen molar-refractivity contribution in [3.8, 4) is 5.75 Å². The van der Waals surface area contributed by atoms with Gasteiger partial charge in [0.2, 0.25) is 5.91 Å². The molecule has 0 saturated heterocycles.